The fraction of sp³-hybridized carbons (Fsp3) is 0.417. The molecule has 0 bridgehead atoms. The van der Waals surface area contributed by atoms with Gasteiger partial charge in [-0.25, -0.2) is 0 Å². The standard InChI is InChI=1S/C12H15NO2/c1-2-13-8-7-11(15)12(13)9-5-3-4-6-10(9)14/h3-6,12,14H,2,7-8H2,1H3. The molecule has 1 atom stereocenters. The molecule has 0 amide bonds. The molecule has 0 saturated carbocycles. The number of rotatable bonds is 2. The van der Waals surface area contributed by atoms with E-state index in [1.807, 2.05) is 19.1 Å². The molecule has 15 heavy (non-hydrogen) atoms. The maximum Gasteiger partial charge on any atom is 0.155 e. The molecule has 0 aliphatic carbocycles. The van der Waals surface area contributed by atoms with E-state index in [1.165, 1.54) is 0 Å². The van der Waals surface area contributed by atoms with E-state index in [0.29, 0.717) is 6.42 Å². The van der Waals surface area contributed by atoms with Gasteiger partial charge in [0.05, 0.1) is 6.04 Å². The van der Waals surface area contributed by atoms with Crippen LogP contribution in [0.25, 0.3) is 0 Å². The molecule has 1 unspecified atom stereocenters. The number of Topliss-reactive ketones (excluding diaryl/α,β-unsaturated/α-hetero) is 1. The number of phenolic OH excluding ortho intramolecular Hbond substituents is 1. The van der Waals surface area contributed by atoms with Crippen molar-refractivity contribution in [3.8, 4) is 5.75 Å². The monoisotopic (exact) mass is 205 g/mol. The maximum absolute atomic E-state index is 11.7. The summed E-state index contributed by atoms with van der Waals surface area (Å²) < 4.78 is 0. The summed E-state index contributed by atoms with van der Waals surface area (Å²) in [5, 5.41) is 9.72. The number of nitrogens with zero attached hydrogens (tertiary/aromatic N) is 1. The smallest absolute Gasteiger partial charge is 0.155 e. The van der Waals surface area contributed by atoms with Crippen molar-refractivity contribution in [1.82, 2.24) is 4.90 Å². The first kappa shape index (κ1) is 10.2. The van der Waals surface area contributed by atoms with E-state index in [4.69, 9.17) is 0 Å². The zero-order valence-electron chi connectivity index (χ0n) is 8.81. The third-order valence-corrected chi connectivity index (χ3v) is 2.95. The first-order valence-corrected chi connectivity index (χ1v) is 5.28. The zero-order chi connectivity index (χ0) is 10.8. The lowest BCUT2D eigenvalue weighted by atomic mass is 10.0. The number of hydrogen-bond donors (Lipinski definition) is 1. The van der Waals surface area contributed by atoms with Crippen molar-refractivity contribution in [1.29, 1.82) is 0 Å². The third-order valence-electron chi connectivity index (χ3n) is 2.95. The van der Waals surface area contributed by atoms with Gasteiger partial charge in [-0.05, 0) is 12.6 Å². The van der Waals surface area contributed by atoms with E-state index in [2.05, 4.69) is 4.90 Å². The molecule has 1 saturated heterocycles. The summed E-state index contributed by atoms with van der Waals surface area (Å²) in [6.07, 6.45) is 0.590. The molecular formula is C12H15NO2. The summed E-state index contributed by atoms with van der Waals surface area (Å²) in [4.78, 5) is 13.8. The highest BCUT2D eigenvalue weighted by Crippen LogP contribution is 2.33. The van der Waals surface area contributed by atoms with Gasteiger partial charge in [0.25, 0.3) is 0 Å². The van der Waals surface area contributed by atoms with E-state index >= 15 is 0 Å². The lowest BCUT2D eigenvalue weighted by Crippen LogP contribution is -2.25. The molecule has 1 aliphatic heterocycles. The van der Waals surface area contributed by atoms with Crippen LogP contribution in [-0.4, -0.2) is 28.9 Å². The average Bonchev–Trinajstić information content (AvgIpc) is 2.60. The topological polar surface area (TPSA) is 40.5 Å². The number of phenols is 1. The average molecular weight is 205 g/mol. The van der Waals surface area contributed by atoms with E-state index in [0.717, 1.165) is 18.7 Å². The van der Waals surface area contributed by atoms with E-state index in [-0.39, 0.29) is 17.6 Å². The van der Waals surface area contributed by atoms with Crippen molar-refractivity contribution in [3.05, 3.63) is 29.8 Å². The number of ketones is 1. The molecule has 1 aliphatic rings. The Morgan fingerprint density at radius 1 is 1.47 bits per heavy atom. The highest BCUT2D eigenvalue weighted by atomic mass is 16.3. The Labute approximate surface area is 89.3 Å². The fourth-order valence-electron chi connectivity index (χ4n) is 2.15. The minimum Gasteiger partial charge on any atom is -0.508 e. The van der Waals surface area contributed by atoms with Crippen molar-refractivity contribution < 1.29 is 9.90 Å². The summed E-state index contributed by atoms with van der Waals surface area (Å²) in [6, 6.07) is 6.85. The summed E-state index contributed by atoms with van der Waals surface area (Å²) >= 11 is 0. The van der Waals surface area contributed by atoms with Gasteiger partial charge < -0.3 is 5.11 Å². The Kier molecular flexibility index (Phi) is 2.73. The quantitative estimate of drug-likeness (QED) is 0.799. The second-order valence-corrected chi connectivity index (χ2v) is 3.81. The molecule has 0 spiro atoms. The Bertz CT molecular complexity index is 376. The maximum atomic E-state index is 11.7. The molecule has 3 nitrogen and oxygen atoms in total. The fourth-order valence-corrected chi connectivity index (χ4v) is 2.15. The number of carbonyl (C=O) groups excluding carboxylic acids is 1. The molecule has 3 heteroatoms. The number of aromatic hydroxyl groups is 1. The lowest BCUT2D eigenvalue weighted by Gasteiger charge is -2.22. The van der Waals surface area contributed by atoms with Gasteiger partial charge in [0.2, 0.25) is 0 Å². The van der Waals surface area contributed by atoms with Crippen LogP contribution in [0.2, 0.25) is 0 Å². The van der Waals surface area contributed by atoms with Crippen LogP contribution in [0.5, 0.6) is 5.75 Å². The van der Waals surface area contributed by atoms with Crippen LogP contribution < -0.4 is 0 Å². The normalized spacial score (nSPS) is 22.2. The van der Waals surface area contributed by atoms with Crippen LogP contribution in [-0.2, 0) is 4.79 Å². The Balaban J connectivity index is 2.36. The highest BCUT2D eigenvalue weighted by Gasteiger charge is 2.33. The van der Waals surface area contributed by atoms with Crippen molar-refractivity contribution in [2.24, 2.45) is 0 Å². The van der Waals surface area contributed by atoms with E-state index < -0.39 is 0 Å². The zero-order valence-corrected chi connectivity index (χ0v) is 8.81. The summed E-state index contributed by atoms with van der Waals surface area (Å²) in [6.45, 7) is 3.67. The molecule has 0 aromatic heterocycles. The highest BCUT2D eigenvalue weighted by molar-refractivity contribution is 5.88. The first-order chi connectivity index (χ1) is 7.24. The van der Waals surface area contributed by atoms with Gasteiger partial charge >= 0.3 is 0 Å². The molecule has 80 valence electrons. The van der Waals surface area contributed by atoms with Crippen LogP contribution in [0.4, 0.5) is 0 Å². The summed E-state index contributed by atoms with van der Waals surface area (Å²) in [5.74, 6) is 0.426. The largest absolute Gasteiger partial charge is 0.508 e. The molecule has 1 aromatic carbocycles. The molecule has 1 fully saturated rings. The van der Waals surface area contributed by atoms with Crippen molar-refractivity contribution >= 4 is 5.78 Å². The number of para-hydroxylation sites is 1. The SMILES string of the molecule is CCN1CCC(=O)C1c1ccccc1O. The molecule has 1 heterocycles. The number of carbonyl (C=O) groups is 1. The van der Waals surface area contributed by atoms with Gasteiger partial charge in [0.15, 0.2) is 5.78 Å². The van der Waals surface area contributed by atoms with E-state index in [9.17, 15) is 9.90 Å². The Morgan fingerprint density at radius 3 is 2.87 bits per heavy atom. The molecular weight excluding hydrogens is 190 g/mol. The van der Waals surface area contributed by atoms with Crippen LogP contribution >= 0.6 is 0 Å². The molecule has 1 N–H and O–H groups in total. The van der Waals surface area contributed by atoms with Crippen LogP contribution in [0.1, 0.15) is 24.9 Å². The molecule has 2 rings (SSSR count). The molecule has 1 aromatic rings. The number of likely N-dealkylation sites (N-methyl/N-ethyl adjacent to an activating group) is 1. The predicted molar refractivity (Wildman–Crippen MR) is 57.7 cm³/mol. The number of hydrogen-bond acceptors (Lipinski definition) is 3. The second kappa shape index (κ2) is 4.03. The van der Waals surface area contributed by atoms with Crippen LogP contribution in [0.3, 0.4) is 0 Å². The second-order valence-electron chi connectivity index (χ2n) is 3.81. The Hall–Kier alpha value is -1.35. The van der Waals surface area contributed by atoms with Gasteiger partial charge in [0.1, 0.15) is 5.75 Å². The summed E-state index contributed by atoms with van der Waals surface area (Å²) in [5.41, 5.74) is 0.738. The molecule has 0 radical (unpaired) electrons. The van der Waals surface area contributed by atoms with Gasteiger partial charge in [-0.2, -0.15) is 0 Å². The predicted octanol–water partition coefficient (Wildman–Crippen LogP) is 1.73. The van der Waals surface area contributed by atoms with Gasteiger partial charge in [-0.1, -0.05) is 25.1 Å². The first-order valence-electron chi connectivity index (χ1n) is 5.28. The summed E-state index contributed by atoms with van der Waals surface area (Å²) in [7, 11) is 0. The number of likely N-dealkylation sites (tertiary alicyclic amines) is 1. The third kappa shape index (κ3) is 1.75. The van der Waals surface area contributed by atoms with Crippen LogP contribution in [0, 0.1) is 0 Å². The van der Waals surface area contributed by atoms with Gasteiger partial charge in [-0.3, -0.25) is 9.69 Å². The number of benzene rings is 1. The van der Waals surface area contributed by atoms with Gasteiger partial charge in [-0.15, -0.1) is 0 Å². The van der Waals surface area contributed by atoms with Crippen LogP contribution in [0.15, 0.2) is 24.3 Å². The van der Waals surface area contributed by atoms with Crippen molar-refractivity contribution in [2.45, 2.75) is 19.4 Å². The van der Waals surface area contributed by atoms with Gasteiger partial charge in [0, 0.05) is 18.5 Å². The van der Waals surface area contributed by atoms with E-state index in [1.54, 1.807) is 12.1 Å². The van der Waals surface area contributed by atoms with Crippen molar-refractivity contribution in [3.63, 3.8) is 0 Å². The Morgan fingerprint density at radius 2 is 2.20 bits per heavy atom. The minimum absolute atomic E-state index is 0.207. The lowest BCUT2D eigenvalue weighted by molar-refractivity contribution is -0.120. The van der Waals surface area contributed by atoms with Crippen molar-refractivity contribution in [2.75, 3.05) is 13.1 Å². The minimum atomic E-state index is -0.240.